The summed E-state index contributed by atoms with van der Waals surface area (Å²) in [6.07, 6.45) is 12.3. The number of hydrogen-bond acceptors (Lipinski definition) is 1. The Morgan fingerprint density at radius 2 is 1.58 bits per heavy atom. The van der Waals surface area contributed by atoms with Crippen molar-refractivity contribution in [2.24, 2.45) is 23.7 Å². The van der Waals surface area contributed by atoms with E-state index < -0.39 is 5.97 Å². The van der Waals surface area contributed by atoms with Crippen molar-refractivity contribution in [3.8, 4) is 0 Å². The summed E-state index contributed by atoms with van der Waals surface area (Å²) in [4.78, 5) is 11.5. The number of allylic oxidation sites excluding steroid dienone is 1. The van der Waals surface area contributed by atoms with Gasteiger partial charge in [0, 0.05) is 4.47 Å². The molecule has 0 spiro atoms. The molecule has 3 rings (SSSR count). The number of carbonyl (C=O) groups is 1. The van der Waals surface area contributed by atoms with Crippen molar-refractivity contribution in [1.82, 2.24) is 0 Å². The lowest BCUT2D eigenvalue weighted by Gasteiger charge is -2.39. The predicted molar refractivity (Wildman–Crippen MR) is 110 cm³/mol. The second-order valence-corrected chi connectivity index (χ2v) is 9.22. The van der Waals surface area contributed by atoms with Crippen LogP contribution in [0.2, 0.25) is 0 Å². The van der Waals surface area contributed by atoms with Crippen LogP contribution in [0.5, 0.6) is 0 Å². The summed E-state index contributed by atoms with van der Waals surface area (Å²) in [6.45, 7) is 3.74. The minimum Gasteiger partial charge on any atom is -0.481 e. The Balaban J connectivity index is 1.48. The minimum atomic E-state index is -0.636. The maximum atomic E-state index is 11.5. The Morgan fingerprint density at radius 1 is 1.04 bits per heavy atom. The van der Waals surface area contributed by atoms with Crippen molar-refractivity contribution in [2.45, 2.75) is 63.7 Å². The van der Waals surface area contributed by atoms with Crippen LogP contribution in [0.4, 0.5) is 0 Å². The van der Waals surface area contributed by atoms with Gasteiger partial charge in [0.05, 0.1) is 5.92 Å². The average molecular weight is 419 g/mol. The predicted octanol–water partition coefficient (Wildman–Crippen LogP) is 6.81. The molecule has 2 aliphatic carbocycles. The molecule has 3 heteroatoms. The van der Waals surface area contributed by atoms with E-state index in [1.807, 2.05) is 0 Å². The number of rotatable bonds is 6. The average Bonchev–Trinajstić information content (AvgIpc) is 2.67. The van der Waals surface area contributed by atoms with E-state index in [-0.39, 0.29) is 5.92 Å². The van der Waals surface area contributed by atoms with Gasteiger partial charge >= 0.3 is 5.97 Å². The zero-order chi connectivity index (χ0) is 18.5. The van der Waals surface area contributed by atoms with Gasteiger partial charge < -0.3 is 5.11 Å². The Kier molecular flexibility index (Phi) is 6.97. The molecule has 2 aliphatic rings. The van der Waals surface area contributed by atoms with Gasteiger partial charge in [-0.1, -0.05) is 34.1 Å². The molecule has 0 bridgehead atoms. The fraction of sp³-hybridized carbons (Fsp3) is 0.609. The quantitative estimate of drug-likeness (QED) is 0.515. The third-order valence-corrected chi connectivity index (χ3v) is 7.43. The minimum absolute atomic E-state index is 0.221. The molecule has 2 nitrogen and oxygen atoms in total. The number of carboxylic acid groups (broad SMARTS) is 1. The molecule has 1 atom stereocenters. The molecule has 0 aromatic heterocycles. The zero-order valence-electron chi connectivity index (χ0n) is 15.6. The van der Waals surface area contributed by atoms with E-state index in [2.05, 4.69) is 46.8 Å². The van der Waals surface area contributed by atoms with Gasteiger partial charge in [-0.2, -0.15) is 0 Å². The highest BCUT2D eigenvalue weighted by atomic mass is 79.9. The lowest BCUT2D eigenvalue weighted by molar-refractivity contribution is -0.144. The van der Waals surface area contributed by atoms with Crippen LogP contribution in [0.25, 0.3) is 0 Å². The van der Waals surface area contributed by atoms with Gasteiger partial charge in [0.15, 0.2) is 0 Å². The molecule has 26 heavy (non-hydrogen) atoms. The Morgan fingerprint density at radius 3 is 2.08 bits per heavy atom. The Bertz CT molecular complexity index is 593. The van der Waals surface area contributed by atoms with E-state index in [9.17, 15) is 9.90 Å². The number of benzene rings is 1. The van der Waals surface area contributed by atoms with Gasteiger partial charge in [0.25, 0.3) is 0 Å². The van der Waals surface area contributed by atoms with E-state index in [0.29, 0.717) is 12.3 Å². The van der Waals surface area contributed by atoms with Gasteiger partial charge in [-0.25, -0.2) is 0 Å². The van der Waals surface area contributed by atoms with Gasteiger partial charge in [-0.05, 0) is 99.2 Å². The van der Waals surface area contributed by atoms with E-state index in [1.165, 1.54) is 44.1 Å². The smallest absolute Gasteiger partial charge is 0.307 e. The highest BCUT2D eigenvalue weighted by molar-refractivity contribution is 9.10. The van der Waals surface area contributed by atoms with Gasteiger partial charge in [0.2, 0.25) is 0 Å². The van der Waals surface area contributed by atoms with Crippen LogP contribution in [0.3, 0.4) is 0 Å². The van der Waals surface area contributed by atoms with Crippen LogP contribution in [0.15, 0.2) is 41.4 Å². The molecule has 0 heterocycles. The van der Waals surface area contributed by atoms with Crippen LogP contribution in [-0.4, -0.2) is 11.1 Å². The van der Waals surface area contributed by atoms with E-state index >= 15 is 0 Å². The first kappa shape index (κ1) is 19.7. The second-order valence-electron chi connectivity index (χ2n) is 8.31. The van der Waals surface area contributed by atoms with Crippen LogP contribution < -0.4 is 0 Å². The molecule has 1 aromatic carbocycles. The first-order valence-electron chi connectivity index (χ1n) is 10.2. The van der Waals surface area contributed by atoms with Crippen LogP contribution in [-0.2, 0) is 4.79 Å². The maximum absolute atomic E-state index is 11.5. The molecular formula is C23H31BrO2. The lowest BCUT2D eigenvalue weighted by atomic mass is 9.66. The first-order valence-corrected chi connectivity index (χ1v) is 11.0. The summed E-state index contributed by atoms with van der Waals surface area (Å²) in [5.74, 6) is 1.88. The summed E-state index contributed by atoms with van der Waals surface area (Å²) >= 11 is 3.52. The molecule has 1 unspecified atom stereocenters. The van der Waals surface area contributed by atoms with Crippen LogP contribution >= 0.6 is 15.9 Å². The maximum Gasteiger partial charge on any atom is 0.307 e. The molecule has 1 N–H and O–H groups in total. The third kappa shape index (κ3) is 4.79. The lowest BCUT2D eigenvalue weighted by Crippen LogP contribution is -2.30. The first-order chi connectivity index (χ1) is 12.6. The van der Waals surface area contributed by atoms with Crippen molar-refractivity contribution >= 4 is 21.9 Å². The summed E-state index contributed by atoms with van der Waals surface area (Å²) in [5.41, 5.74) is 1.49. The molecule has 0 saturated heterocycles. The van der Waals surface area contributed by atoms with Crippen molar-refractivity contribution in [1.29, 1.82) is 0 Å². The highest BCUT2D eigenvalue weighted by Crippen LogP contribution is 2.45. The third-order valence-electron chi connectivity index (χ3n) is 6.90. The van der Waals surface area contributed by atoms with Crippen molar-refractivity contribution < 1.29 is 9.90 Å². The molecule has 0 radical (unpaired) electrons. The molecule has 0 amide bonds. The molecule has 0 aliphatic heterocycles. The van der Waals surface area contributed by atoms with Crippen molar-refractivity contribution in [3.63, 3.8) is 0 Å². The van der Waals surface area contributed by atoms with E-state index in [4.69, 9.17) is 0 Å². The molecule has 2 saturated carbocycles. The largest absolute Gasteiger partial charge is 0.481 e. The van der Waals surface area contributed by atoms with Gasteiger partial charge in [0.1, 0.15) is 0 Å². The normalized spacial score (nSPS) is 30.5. The Hall–Kier alpha value is -1.09. The monoisotopic (exact) mass is 418 g/mol. The fourth-order valence-electron chi connectivity index (χ4n) is 5.35. The van der Waals surface area contributed by atoms with Crippen LogP contribution in [0.1, 0.15) is 69.3 Å². The van der Waals surface area contributed by atoms with Crippen LogP contribution in [0, 0.1) is 23.7 Å². The fourth-order valence-corrected chi connectivity index (χ4v) is 5.62. The number of carboxylic acids is 1. The summed E-state index contributed by atoms with van der Waals surface area (Å²) in [7, 11) is 0. The van der Waals surface area contributed by atoms with Crippen molar-refractivity contribution in [3.05, 3.63) is 47.0 Å². The number of halogens is 1. The topological polar surface area (TPSA) is 37.3 Å². The van der Waals surface area contributed by atoms with Crippen molar-refractivity contribution in [2.75, 3.05) is 0 Å². The summed E-state index contributed by atoms with van der Waals surface area (Å²) in [6, 6.07) is 8.85. The zero-order valence-corrected chi connectivity index (χ0v) is 17.2. The standard InChI is InChI=1S/C23H31BrO2/c1-2-3-22(23(25)26)20-10-8-18(9-11-20)16-4-6-17(7-5-16)19-12-14-21(24)15-13-19/h2,12-18,20,22H,1,3-11H2,(H,25,26)/t16-,17-,18?,20?,22?. The highest BCUT2D eigenvalue weighted by Gasteiger charge is 2.35. The van der Waals surface area contributed by atoms with E-state index in [0.717, 1.165) is 35.1 Å². The number of hydrogen-bond donors (Lipinski definition) is 1. The Labute approximate surface area is 166 Å². The van der Waals surface area contributed by atoms with Gasteiger partial charge in [-0.3, -0.25) is 4.79 Å². The summed E-state index contributed by atoms with van der Waals surface area (Å²) < 4.78 is 1.16. The molecule has 142 valence electrons. The molecular weight excluding hydrogens is 388 g/mol. The number of aliphatic carboxylic acids is 1. The SMILES string of the molecule is C=CCC(C(=O)O)C1CCC([C@H]2CC[C@H](c3ccc(Br)cc3)CC2)CC1. The molecule has 1 aromatic rings. The van der Waals surface area contributed by atoms with Gasteiger partial charge in [-0.15, -0.1) is 6.58 Å². The second kappa shape index (κ2) is 9.21. The summed E-state index contributed by atoms with van der Waals surface area (Å²) in [5, 5.41) is 9.48. The molecule has 2 fully saturated rings. The van der Waals surface area contributed by atoms with E-state index in [1.54, 1.807) is 6.08 Å².